The molecule has 0 aromatic heterocycles. The van der Waals surface area contributed by atoms with Gasteiger partial charge in [-0.05, 0) is 18.9 Å². The quantitative estimate of drug-likeness (QED) is 0.630. The first-order valence-corrected chi connectivity index (χ1v) is 9.19. The smallest absolute Gasteiger partial charge is 0.222 e. The maximum atomic E-state index is 6.59. The largest absolute Gasteiger partial charge is 0.342 e. The lowest BCUT2D eigenvalue weighted by atomic mass is 9.94. The van der Waals surface area contributed by atoms with Crippen molar-refractivity contribution >= 4 is 0 Å². The van der Waals surface area contributed by atoms with Gasteiger partial charge in [0.15, 0.2) is 0 Å². The Balaban J connectivity index is 1.83. The first-order chi connectivity index (χ1) is 11.8. The van der Waals surface area contributed by atoms with Gasteiger partial charge in [-0.1, -0.05) is 87.2 Å². The third kappa shape index (κ3) is 3.88. The third-order valence-electron chi connectivity index (χ3n) is 4.71. The Hall–Kier alpha value is -1.64. The number of unbranched alkanes of at least 4 members (excludes halogenated alkanes) is 3. The molecule has 2 heteroatoms. The fraction of sp³-hybridized carbons (Fsp3) is 0.455. The molecule has 0 spiro atoms. The topological polar surface area (TPSA) is 18.5 Å². The standard InChI is InChI=1S/C22H27O2/c1-2-3-4-11-16-21-17-18-23-22(24-21,19-12-7-5-8-13-19)20-14-9-6-10-15-20/h5,7-10,12-15,21H,2-4,11,16-18H2,1H3. The molecule has 24 heavy (non-hydrogen) atoms. The molecule has 0 amide bonds. The summed E-state index contributed by atoms with van der Waals surface area (Å²) in [4.78, 5) is 0. The van der Waals surface area contributed by atoms with Crippen molar-refractivity contribution < 1.29 is 9.47 Å². The number of hydrogen-bond donors (Lipinski definition) is 0. The van der Waals surface area contributed by atoms with E-state index >= 15 is 0 Å². The maximum absolute atomic E-state index is 6.59. The van der Waals surface area contributed by atoms with Crippen molar-refractivity contribution in [3.63, 3.8) is 0 Å². The molecule has 1 radical (unpaired) electrons. The first kappa shape index (κ1) is 17.2. The van der Waals surface area contributed by atoms with Crippen LogP contribution in [0.1, 0.15) is 56.6 Å². The zero-order valence-electron chi connectivity index (χ0n) is 14.5. The second-order valence-electron chi connectivity index (χ2n) is 6.50. The van der Waals surface area contributed by atoms with Gasteiger partial charge in [0.25, 0.3) is 0 Å². The Morgan fingerprint density at radius 3 is 2.50 bits per heavy atom. The minimum atomic E-state index is -0.788. The second-order valence-corrected chi connectivity index (χ2v) is 6.50. The summed E-state index contributed by atoms with van der Waals surface area (Å²) in [6.45, 7) is 2.98. The van der Waals surface area contributed by atoms with E-state index in [1.807, 2.05) is 42.5 Å². The molecule has 2 unspecified atom stereocenters. The molecule has 2 nitrogen and oxygen atoms in total. The summed E-state index contributed by atoms with van der Waals surface area (Å²) in [6.07, 6.45) is 7.42. The minimum Gasteiger partial charge on any atom is -0.342 e. The molecule has 2 aromatic carbocycles. The van der Waals surface area contributed by atoms with Crippen LogP contribution in [-0.4, -0.2) is 12.7 Å². The van der Waals surface area contributed by atoms with Gasteiger partial charge in [-0.3, -0.25) is 0 Å². The maximum Gasteiger partial charge on any atom is 0.222 e. The van der Waals surface area contributed by atoms with Crippen molar-refractivity contribution in [1.29, 1.82) is 0 Å². The van der Waals surface area contributed by atoms with Crippen LogP contribution in [0, 0.1) is 6.07 Å². The van der Waals surface area contributed by atoms with Crippen molar-refractivity contribution in [2.45, 2.75) is 57.3 Å². The predicted octanol–water partition coefficient (Wildman–Crippen LogP) is 5.46. The van der Waals surface area contributed by atoms with Gasteiger partial charge in [0.2, 0.25) is 5.79 Å². The van der Waals surface area contributed by atoms with Crippen LogP contribution in [0.2, 0.25) is 0 Å². The Labute approximate surface area is 145 Å². The van der Waals surface area contributed by atoms with Crippen LogP contribution in [0.3, 0.4) is 0 Å². The van der Waals surface area contributed by atoms with E-state index in [0.717, 1.165) is 30.6 Å². The van der Waals surface area contributed by atoms with Crippen LogP contribution in [0.5, 0.6) is 0 Å². The van der Waals surface area contributed by atoms with Crippen molar-refractivity contribution in [2.75, 3.05) is 6.61 Å². The molecule has 127 valence electrons. The average molecular weight is 323 g/mol. The summed E-state index contributed by atoms with van der Waals surface area (Å²) in [7, 11) is 0. The van der Waals surface area contributed by atoms with Crippen LogP contribution in [0.15, 0.2) is 54.6 Å². The van der Waals surface area contributed by atoms with E-state index in [2.05, 4.69) is 25.1 Å². The van der Waals surface area contributed by atoms with Crippen LogP contribution in [0.25, 0.3) is 0 Å². The summed E-state index contributed by atoms with van der Waals surface area (Å²) in [5.74, 6) is -0.788. The van der Waals surface area contributed by atoms with Crippen molar-refractivity contribution in [1.82, 2.24) is 0 Å². The highest BCUT2D eigenvalue weighted by molar-refractivity contribution is 5.34. The normalized spacial score (nSPS) is 20.0. The lowest BCUT2D eigenvalue weighted by molar-refractivity contribution is -0.279. The van der Waals surface area contributed by atoms with Gasteiger partial charge in [0, 0.05) is 11.1 Å². The molecule has 0 saturated carbocycles. The molecule has 1 heterocycles. The zero-order valence-corrected chi connectivity index (χ0v) is 14.5. The summed E-state index contributed by atoms with van der Waals surface area (Å²) in [5, 5.41) is 0. The van der Waals surface area contributed by atoms with Crippen molar-refractivity contribution in [3.8, 4) is 0 Å². The molecule has 1 aliphatic rings. The lowest BCUT2D eigenvalue weighted by Crippen LogP contribution is -2.43. The van der Waals surface area contributed by atoms with Crippen LogP contribution < -0.4 is 0 Å². The highest BCUT2D eigenvalue weighted by Gasteiger charge is 2.41. The van der Waals surface area contributed by atoms with Gasteiger partial charge in [0.1, 0.15) is 0 Å². The summed E-state index contributed by atoms with van der Waals surface area (Å²) in [6, 6.07) is 21.3. The fourth-order valence-corrected chi connectivity index (χ4v) is 3.40. The van der Waals surface area contributed by atoms with Gasteiger partial charge in [-0.2, -0.15) is 0 Å². The van der Waals surface area contributed by atoms with Crippen molar-refractivity contribution in [2.24, 2.45) is 0 Å². The minimum absolute atomic E-state index is 0.250. The van der Waals surface area contributed by atoms with E-state index in [9.17, 15) is 0 Å². The molecule has 2 atom stereocenters. The summed E-state index contributed by atoms with van der Waals surface area (Å²) < 4.78 is 12.8. The molecule has 1 aliphatic heterocycles. The second kappa shape index (κ2) is 8.46. The van der Waals surface area contributed by atoms with Crippen LogP contribution in [0.4, 0.5) is 0 Å². The Kier molecular flexibility index (Phi) is 6.06. The number of rotatable bonds is 7. The fourth-order valence-electron chi connectivity index (χ4n) is 3.40. The highest BCUT2D eigenvalue weighted by atomic mass is 16.7. The zero-order chi connectivity index (χ0) is 16.7. The van der Waals surface area contributed by atoms with Crippen molar-refractivity contribution in [3.05, 3.63) is 71.8 Å². The molecular weight excluding hydrogens is 296 g/mol. The first-order valence-electron chi connectivity index (χ1n) is 9.19. The molecule has 0 N–H and O–H groups in total. The number of hydrogen-bond acceptors (Lipinski definition) is 2. The van der Waals surface area contributed by atoms with Gasteiger partial charge in [0.05, 0.1) is 12.7 Å². The Bertz CT molecular complexity index is 554. The summed E-state index contributed by atoms with van der Waals surface area (Å²) >= 11 is 0. The van der Waals surface area contributed by atoms with E-state index in [1.165, 1.54) is 25.7 Å². The number of benzene rings is 2. The lowest BCUT2D eigenvalue weighted by Gasteiger charge is -2.42. The molecule has 1 fully saturated rings. The van der Waals surface area contributed by atoms with Gasteiger partial charge >= 0.3 is 0 Å². The van der Waals surface area contributed by atoms with E-state index in [4.69, 9.17) is 9.47 Å². The number of ether oxygens (including phenoxy) is 2. The Morgan fingerprint density at radius 1 is 1.00 bits per heavy atom. The highest BCUT2D eigenvalue weighted by Crippen LogP contribution is 2.40. The predicted molar refractivity (Wildman–Crippen MR) is 96.7 cm³/mol. The van der Waals surface area contributed by atoms with E-state index in [1.54, 1.807) is 0 Å². The van der Waals surface area contributed by atoms with Gasteiger partial charge in [-0.25, -0.2) is 0 Å². The van der Waals surface area contributed by atoms with Gasteiger partial charge in [-0.15, -0.1) is 0 Å². The molecular formula is C22H27O2. The monoisotopic (exact) mass is 323 g/mol. The Morgan fingerprint density at radius 2 is 1.75 bits per heavy atom. The van der Waals surface area contributed by atoms with E-state index in [0.29, 0.717) is 0 Å². The molecule has 0 bridgehead atoms. The third-order valence-corrected chi connectivity index (χ3v) is 4.71. The summed E-state index contributed by atoms with van der Waals surface area (Å²) in [5.41, 5.74) is 2.11. The molecule has 2 aromatic rings. The molecule has 0 aliphatic carbocycles. The van der Waals surface area contributed by atoms with Crippen LogP contribution in [-0.2, 0) is 15.3 Å². The van der Waals surface area contributed by atoms with E-state index in [-0.39, 0.29) is 6.10 Å². The molecule has 1 saturated heterocycles. The SMILES string of the molecule is CCCCCCC1CCOC(c2cc[c]cc2)(c2ccccc2)O1. The average Bonchev–Trinajstić information content (AvgIpc) is 2.67. The van der Waals surface area contributed by atoms with Crippen LogP contribution >= 0.6 is 0 Å². The van der Waals surface area contributed by atoms with E-state index < -0.39 is 5.79 Å². The van der Waals surface area contributed by atoms with Gasteiger partial charge < -0.3 is 9.47 Å². The molecule has 3 rings (SSSR count).